The van der Waals surface area contributed by atoms with Gasteiger partial charge in [-0.1, -0.05) is 0 Å². The third-order valence-electron chi connectivity index (χ3n) is 1.89. The van der Waals surface area contributed by atoms with Gasteiger partial charge in [0.05, 0.1) is 5.69 Å². The Morgan fingerprint density at radius 3 is 3.13 bits per heavy atom. The van der Waals surface area contributed by atoms with E-state index in [1.54, 1.807) is 0 Å². The van der Waals surface area contributed by atoms with Gasteiger partial charge in [-0.2, -0.15) is 0 Å². The van der Waals surface area contributed by atoms with Gasteiger partial charge in [0.1, 0.15) is 12.4 Å². The zero-order valence-corrected chi connectivity index (χ0v) is 8.23. The predicted octanol–water partition coefficient (Wildman–Crippen LogP) is -0.129. The van der Waals surface area contributed by atoms with Crippen molar-refractivity contribution >= 4 is 23.8 Å². The monoisotopic (exact) mass is 225 g/mol. The number of carboxylic acids is 1. The number of H-pyrrole nitrogens is 1. The first-order valence-corrected chi connectivity index (χ1v) is 4.42. The lowest BCUT2D eigenvalue weighted by Crippen LogP contribution is -2.22. The summed E-state index contributed by atoms with van der Waals surface area (Å²) in [5.74, 6) is -1.16. The Kier molecular flexibility index (Phi) is 2.21. The number of aromatic amines is 1. The molecule has 2 heterocycles. The fourth-order valence-electron chi connectivity index (χ4n) is 1.14. The summed E-state index contributed by atoms with van der Waals surface area (Å²) >= 11 is 4.93. The Balaban J connectivity index is 2.64. The van der Waals surface area contributed by atoms with Crippen molar-refractivity contribution in [1.82, 2.24) is 19.6 Å². The standard InChI is InChI=1S/C7H7N5O2S/c8-5(6(13)14)3-1-4-9-2-10-12(4)7(15)11-3/h1-2,5H,8H2,(H,9,10)(H,13,14). The summed E-state index contributed by atoms with van der Waals surface area (Å²) in [6.45, 7) is 0. The van der Waals surface area contributed by atoms with Gasteiger partial charge in [-0.05, 0) is 12.2 Å². The summed E-state index contributed by atoms with van der Waals surface area (Å²) < 4.78 is 1.64. The van der Waals surface area contributed by atoms with Crippen LogP contribution in [0.25, 0.3) is 5.65 Å². The molecule has 0 aliphatic carbocycles. The Labute approximate surface area is 88.6 Å². The van der Waals surface area contributed by atoms with Crippen LogP contribution in [-0.4, -0.2) is 30.7 Å². The predicted molar refractivity (Wildman–Crippen MR) is 52.7 cm³/mol. The molecule has 4 N–H and O–H groups in total. The molecular weight excluding hydrogens is 218 g/mol. The summed E-state index contributed by atoms with van der Waals surface area (Å²) in [5, 5.41) is 11.4. The minimum Gasteiger partial charge on any atom is -0.480 e. The molecule has 1 atom stereocenters. The average molecular weight is 225 g/mol. The molecule has 0 aliphatic heterocycles. The zero-order valence-electron chi connectivity index (χ0n) is 7.41. The molecule has 1 unspecified atom stereocenters. The van der Waals surface area contributed by atoms with E-state index in [-0.39, 0.29) is 10.5 Å². The molecule has 0 radical (unpaired) electrons. The van der Waals surface area contributed by atoms with E-state index in [1.807, 2.05) is 0 Å². The first-order valence-electron chi connectivity index (χ1n) is 4.01. The minimum absolute atomic E-state index is 0.191. The summed E-state index contributed by atoms with van der Waals surface area (Å²) in [5.41, 5.74) is 6.09. The van der Waals surface area contributed by atoms with Crippen molar-refractivity contribution in [3.63, 3.8) is 0 Å². The van der Waals surface area contributed by atoms with Crippen molar-refractivity contribution in [1.29, 1.82) is 0 Å². The van der Waals surface area contributed by atoms with Crippen LogP contribution in [0.2, 0.25) is 0 Å². The number of hydrogen-bond acceptors (Lipinski definition) is 5. The van der Waals surface area contributed by atoms with Crippen molar-refractivity contribution in [2.24, 2.45) is 5.73 Å². The van der Waals surface area contributed by atoms with E-state index in [0.717, 1.165) is 0 Å². The summed E-state index contributed by atoms with van der Waals surface area (Å²) in [6.07, 6.45) is 1.43. The second kappa shape index (κ2) is 3.41. The summed E-state index contributed by atoms with van der Waals surface area (Å²) in [4.78, 5) is 18.5. The van der Waals surface area contributed by atoms with Gasteiger partial charge < -0.3 is 10.8 Å². The van der Waals surface area contributed by atoms with Crippen molar-refractivity contribution < 1.29 is 9.90 Å². The van der Waals surface area contributed by atoms with Crippen LogP contribution >= 0.6 is 12.2 Å². The fraction of sp³-hybridized carbons (Fsp3) is 0.143. The molecule has 2 aromatic heterocycles. The van der Waals surface area contributed by atoms with Crippen LogP contribution in [0, 0.1) is 4.77 Å². The molecule has 0 aliphatic rings. The smallest absolute Gasteiger partial charge is 0.326 e. The molecule has 2 aromatic rings. The van der Waals surface area contributed by atoms with Crippen LogP contribution in [-0.2, 0) is 4.79 Å². The van der Waals surface area contributed by atoms with Crippen LogP contribution in [0.1, 0.15) is 11.7 Å². The number of carbonyl (C=O) groups is 1. The largest absolute Gasteiger partial charge is 0.480 e. The van der Waals surface area contributed by atoms with Crippen LogP contribution in [0.5, 0.6) is 0 Å². The van der Waals surface area contributed by atoms with Gasteiger partial charge in [0.2, 0.25) is 4.77 Å². The SMILES string of the molecule is NC(C(=O)O)c1cc2nc[nH]n2c(=S)n1. The summed E-state index contributed by atoms with van der Waals surface area (Å²) in [7, 11) is 0. The zero-order chi connectivity index (χ0) is 11.0. The molecule has 0 spiro atoms. The minimum atomic E-state index is -1.19. The molecule has 15 heavy (non-hydrogen) atoms. The molecule has 8 heteroatoms. The lowest BCUT2D eigenvalue weighted by Gasteiger charge is -2.05. The van der Waals surface area contributed by atoms with Gasteiger partial charge >= 0.3 is 5.97 Å². The van der Waals surface area contributed by atoms with Gasteiger partial charge in [-0.15, -0.1) is 0 Å². The number of rotatable bonds is 2. The maximum atomic E-state index is 10.7. The van der Waals surface area contributed by atoms with E-state index in [4.69, 9.17) is 23.1 Å². The van der Waals surface area contributed by atoms with Crippen molar-refractivity contribution in [2.45, 2.75) is 6.04 Å². The second-order valence-electron chi connectivity index (χ2n) is 2.86. The van der Waals surface area contributed by atoms with E-state index < -0.39 is 12.0 Å². The van der Waals surface area contributed by atoms with Crippen LogP contribution in [0.3, 0.4) is 0 Å². The molecule has 0 amide bonds. The third kappa shape index (κ3) is 1.60. The lowest BCUT2D eigenvalue weighted by atomic mass is 10.2. The first-order chi connectivity index (χ1) is 7.09. The highest BCUT2D eigenvalue weighted by atomic mass is 32.1. The number of nitrogens with one attached hydrogen (secondary N) is 1. The second-order valence-corrected chi connectivity index (χ2v) is 3.23. The number of carboxylic acid groups (broad SMARTS) is 1. The average Bonchev–Trinajstić information content (AvgIpc) is 2.64. The number of hydrogen-bond donors (Lipinski definition) is 3. The molecule has 0 aromatic carbocycles. The topological polar surface area (TPSA) is 109 Å². The van der Waals surface area contributed by atoms with Gasteiger partial charge in [0.15, 0.2) is 5.65 Å². The molecule has 0 bridgehead atoms. The van der Waals surface area contributed by atoms with E-state index in [1.165, 1.54) is 16.9 Å². The van der Waals surface area contributed by atoms with Crippen molar-refractivity contribution in [3.8, 4) is 0 Å². The van der Waals surface area contributed by atoms with E-state index in [2.05, 4.69) is 15.1 Å². The van der Waals surface area contributed by atoms with Gasteiger partial charge in [-0.25, -0.2) is 14.5 Å². The van der Waals surface area contributed by atoms with Crippen molar-refractivity contribution in [3.05, 3.63) is 22.9 Å². The molecule has 78 valence electrons. The molecule has 2 rings (SSSR count). The van der Waals surface area contributed by atoms with Crippen molar-refractivity contribution in [2.75, 3.05) is 0 Å². The lowest BCUT2D eigenvalue weighted by molar-refractivity contribution is -0.138. The molecule has 0 saturated heterocycles. The van der Waals surface area contributed by atoms with Crippen LogP contribution in [0.4, 0.5) is 0 Å². The quantitative estimate of drug-likeness (QED) is 0.614. The normalized spacial score (nSPS) is 12.9. The van der Waals surface area contributed by atoms with Crippen LogP contribution in [0.15, 0.2) is 12.4 Å². The number of aromatic nitrogens is 4. The highest BCUT2D eigenvalue weighted by molar-refractivity contribution is 7.71. The van der Waals surface area contributed by atoms with E-state index in [9.17, 15) is 4.79 Å². The molecular formula is C7H7N5O2S. The Hall–Kier alpha value is -1.80. The highest BCUT2D eigenvalue weighted by Crippen LogP contribution is 2.09. The number of nitrogens with two attached hydrogens (primary N) is 1. The Bertz CT molecular complexity index is 574. The molecule has 0 fully saturated rings. The fourth-order valence-corrected chi connectivity index (χ4v) is 1.39. The summed E-state index contributed by atoms with van der Waals surface area (Å²) in [6, 6.07) is 0.291. The van der Waals surface area contributed by atoms with E-state index >= 15 is 0 Å². The van der Waals surface area contributed by atoms with Crippen LogP contribution < -0.4 is 5.73 Å². The number of fused-ring (bicyclic) bond motifs is 1. The Morgan fingerprint density at radius 1 is 1.73 bits per heavy atom. The number of aliphatic carboxylic acids is 1. The number of nitrogens with zero attached hydrogens (tertiary/aromatic N) is 3. The molecule has 7 nitrogen and oxygen atoms in total. The van der Waals surface area contributed by atoms with Gasteiger partial charge in [-0.3, -0.25) is 9.89 Å². The maximum Gasteiger partial charge on any atom is 0.326 e. The highest BCUT2D eigenvalue weighted by Gasteiger charge is 2.17. The van der Waals surface area contributed by atoms with Gasteiger partial charge in [0, 0.05) is 6.07 Å². The first kappa shape index (κ1) is 9.74. The maximum absolute atomic E-state index is 10.7. The Morgan fingerprint density at radius 2 is 2.47 bits per heavy atom. The third-order valence-corrected chi connectivity index (χ3v) is 2.16. The van der Waals surface area contributed by atoms with E-state index in [0.29, 0.717) is 5.65 Å². The molecule has 0 saturated carbocycles. The van der Waals surface area contributed by atoms with Gasteiger partial charge in [0.25, 0.3) is 0 Å².